The average molecular weight is 453 g/mol. The number of rotatable bonds is 9. The maximum Gasteiger partial charge on any atom is 0.203 e. The zero-order valence-electron chi connectivity index (χ0n) is 18.3. The fraction of sp³-hybridized carbons (Fsp3) is 0.240. The Balaban J connectivity index is 1.64. The van der Waals surface area contributed by atoms with Crippen LogP contribution in [0.15, 0.2) is 60.7 Å². The SMILES string of the molecule is COc1cc(-c2nc3ccccc3n2CCCOc2ccc(Cl)cc2)cc(OC)c1OC. The first-order valence-corrected chi connectivity index (χ1v) is 10.7. The Morgan fingerprint density at radius 2 is 1.56 bits per heavy atom. The number of aromatic nitrogens is 2. The number of benzene rings is 3. The molecule has 1 aromatic heterocycles. The van der Waals surface area contributed by atoms with Crippen molar-refractivity contribution in [2.24, 2.45) is 0 Å². The van der Waals surface area contributed by atoms with Crippen molar-refractivity contribution in [1.29, 1.82) is 0 Å². The van der Waals surface area contributed by atoms with Gasteiger partial charge in [0, 0.05) is 17.1 Å². The van der Waals surface area contributed by atoms with Gasteiger partial charge in [-0.25, -0.2) is 4.98 Å². The Morgan fingerprint density at radius 1 is 0.875 bits per heavy atom. The number of para-hydroxylation sites is 2. The van der Waals surface area contributed by atoms with Crippen LogP contribution in [0.1, 0.15) is 6.42 Å². The lowest BCUT2D eigenvalue weighted by molar-refractivity contribution is 0.303. The maximum absolute atomic E-state index is 5.94. The third kappa shape index (κ3) is 4.46. The molecule has 0 fully saturated rings. The lowest BCUT2D eigenvalue weighted by Gasteiger charge is -2.15. The van der Waals surface area contributed by atoms with E-state index in [4.69, 9.17) is 35.5 Å². The molecule has 0 aliphatic rings. The van der Waals surface area contributed by atoms with Gasteiger partial charge in [0.15, 0.2) is 11.5 Å². The van der Waals surface area contributed by atoms with Crippen molar-refractivity contribution in [2.75, 3.05) is 27.9 Å². The molecule has 7 heteroatoms. The molecule has 0 amide bonds. The zero-order valence-corrected chi connectivity index (χ0v) is 19.1. The van der Waals surface area contributed by atoms with Crippen molar-refractivity contribution < 1.29 is 18.9 Å². The van der Waals surface area contributed by atoms with Crippen molar-refractivity contribution in [3.63, 3.8) is 0 Å². The Bertz CT molecular complexity index is 1180. The summed E-state index contributed by atoms with van der Waals surface area (Å²) in [6, 6.07) is 19.3. The van der Waals surface area contributed by atoms with Gasteiger partial charge in [-0.05, 0) is 55.0 Å². The second kappa shape index (κ2) is 9.83. The molecule has 0 atom stereocenters. The zero-order chi connectivity index (χ0) is 22.5. The summed E-state index contributed by atoms with van der Waals surface area (Å²) in [5.74, 6) is 3.36. The van der Waals surface area contributed by atoms with Crippen molar-refractivity contribution in [1.82, 2.24) is 9.55 Å². The highest BCUT2D eigenvalue weighted by Crippen LogP contribution is 2.41. The van der Waals surface area contributed by atoms with Crippen LogP contribution < -0.4 is 18.9 Å². The molecular formula is C25H25ClN2O4. The van der Waals surface area contributed by atoms with E-state index >= 15 is 0 Å². The molecule has 0 radical (unpaired) electrons. The second-order valence-corrected chi connectivity index (χ2v) is 7.58. The molecule has 0 unspecified atom stereocenters. The minimum Gasteiger partial charge on any atom is -0.494 e. The quantitative estimate of drug-likeness (QED) is 0.298. The van der Waals surface area contributed by atoms with Crippen LogP contribution in [-0.2, 0) is 6.54 Å². The van der Waals surface area contributed by atoms with Crippen LogP contribution in [0.3, 0.4) is 0 Å². The van der Waals surface area contributed by atoms with E-state index in [1.54, 1.807) is 21.3 Å². The summed E-state index contributed by atoms with van der Waals surface area (Å²) in [7, 11) is 4.81. The van der Waals surface area contributed by atoms with Crippen molar-refractivity contribution in [3.05, 3.63) is 65.7 Å². The molecule has 32 heavy (non-hydrogen) atoms. The Labute approximate surface area is 192 Å². The van der Waals surface area contributed by atoms with Gasteiger partial charge in [-0.1, -0.05) is 23.7 Å². The molecule has 0 aliphatic heterocycles. The van der Waals surface area contributed by atoms with Crippen molar-refractivity contribution in [2.45, 2.75) is 13.0 Å². The van der Waals surface area contributed by atoms with Crippen LogP contribution >= 0.6 is 11.6 Å². The highest BCUT2D eigenvalue weighted by Gasteiger charge is 2.18. The summed E-state index contributed by atoms with van der Waals surface area (Å²) >= 11 is 5.94. The molecular weight excluding hydrogens is 428 g/mol. The molecule has 166 valence electrons. The van der Waals surface area contributed by atoms with Gasteiger partial charge in [0.05, 0.1) is 39.0 Å². The van der Waals surface area contributed by atoms with Gasteiger partial charge < -0.3 is 23.5 Å². The highest BCUT2D eigenvalue weighted by atomic mass is 35.5. The van der Waals surface area contributed by atoms with Crippen molar-refractivity contribution in [3.8, 4) is 34.4 Å². The van der Waals surface area contributed by atoms with E-state index in [9.17, 15) is 0 Å². The smallest absolute Gasteiger partial charge is 0.203 e. The average Bonchev–Trinajstić information content (AvgIpc) is 3.20. The fourth-order valence-corrected chi connectivity index (χ4v) is 3.80. The molecule has 0 N–H and O–H groups in total. The van der Waals surface area contributed by atoms with Gasteiger partial charge in [-0.15, -0.1) is 0 Å². The topological polar surface area (TPSA) is 54.7 Å². The van der Waals surface area contributed by atoms with Gasteiger partial charge in [0.2, 0.25) is 5.75 Å². The Morgan fingerprint density at radius 3 is 2.22 bits per heavy atom. The number of nitrogens with zero attached hydrogens (tertiary/aromatic N) is 2. The number of methoxy groups -OCH3 is 3. The minimum atomic E-state index is 0.553. The van der Waals surface area contributed by atoms with Crippen molar-refractivity contribution >= 4 is 22.6 Å². The van der Waals surface area contributed by atoms with E-state index in [1.807, 2.05) is 54.6 Å². The molecule has 0 aliphatic carbocycles. The Hall–Kier alpha value is -3.38. The fourth-order valence-electron chi connectivity index (χ4n) is 3.68. The first-order valence-electron chi connectivity index (χ1n) is 10.3. The van der Waals surface area contributed by atoms with E-state index in [0.29, 0.717) is 28.9 Å². The number of hydrogen-bond acceptors (Lipinski definition) is 5. The third-order valence-corrected chi connectivity index (χ3v) is 5.44. The van der Waals surface area contributed by atoms with Crippen LogP contribution in [-0.4, -0.2) is 37.5 Å². The molecule has 0 bridgehead atoms. The monoisotopic (exact) mass is 452 g/mol. The summed E-state index contributed by atoms with van der Waals surface area (Å²) in [6.45, 7) is 1.31. The molecule has 0 saturated heterocycles. The molecule has 4 aromatic rings. The normalized spacial score (nSPS) is 10.9. The largest absolute Gasteiger partial charge is 0.494 e. The second-order valence-electron chi connectivity index (χ2n) is 7.15. The summed E-state index contributed by atoms with van der Waals surface area (Å²) < 4.78 is 24.6. The summed E-state index contributed by atoms with van der Waals surface area (Å²) in [4.78, 5) is 4.89. The summed E-state index contributed by atoms with van der Waals surface area (Å²) in [6.07, 6.45) is 0.806. The van der Waals surface area contributed by atoms with Gasteiger partial charge in [0.1, 0.15) is 11.6 Å². The summed E-state index contributed by atoms with van der Waals surface area (Å²) in [5, 5.41) is 0.692. The predicted molar refractivity (Wildman–Crippen MR) is 126 cm³/mol. The first-order chi connectivity index (χ1) is 15.6. The Kier molecular flexibility index (Phi) is 6.71. The number of imidazole rings is 1. The highest BCUT2D eigenvalue weighted by molar-refractivity contribution is 6.30. The lowest BCUT2D eigenvalue weighted by atomic mass is 10.1. The first kappa shape index (κ1) is 21.8. The van der Waals surface area contributed by atoms with Crippen LogP contribution in [0, 0.1) is 0 Å². The van der Waals surface area contributed by atoms with Gasteiger partial charge in [-0.2, -0.15) is 0 Å². The van der Waals surface area contributed by atoms with Crippen LogP contribution in [0.5, 0.6) is 23.0 Å². The maximum atomic E-state index is 5.94. The molecule has 0 saturated carbocycles. The third-order valence-electron chi connectivity index (χ3n) is 5.19. The molecule has 6 nitrogen and oxygen atoms in total. The van der Waals surface area contributed by atoms with E-state index < -0.39 is 0 Å². The molecule has 3 aromatic carbocycles. The molecule has 1 heterocycles. The van der Waals surface area contributed by atoms with Crippen LogP contribution in [0.2, 0.25) is 5.02 Å². The van der Waals surface area contributed by atoms with Crippen LogP contribution in [0.25, 0.3) is 22.4 Å². The van der Waals surface area contributed by atoms with Gasteiger partial charge in [0.25, 0.3) is 0 Å². The van der Waals surface area contributed by atoms with Gasteiger partial charge in [-0.3, -0.25) is 0 Å². The van der Waals surface area contributed by atoms with E-state index in [2.05, 4.69) is 10.6 Å². The lowest BCUT2D eigenvalue weighted by Crippen LogP contribution is -2.06. The number of aryl methyl sites for hydroxylation is 1. The van der Waals surface area contributed by atoms with Crippen LogP contribution in [0.4, 0.5) is 0 Å². The van der Waals surface area contributed by atoms with E-state index in [1.165, 1.54) is 0 Å². The number of hydrogen-bond donors (Lipinski definition) is 0. The molecule has 0 spiro atoms. The van der Waals surface area contributed by atoms with E-state index in [0.717, 1.165) is 41.1 Å². The van der Waals surface area contributed by atoms with E-state index in [-0.39, 0.29) is 0 Å². The standard InChI is InChI=1S/C25H25ClN2O4/c1-29-22-15-17(16-23(30-2)24(22)31-3)25-27-20-7-4-5-8-21(20)28(25)13-6-14-32-19-11-9-18(26)10-12-19/h4-5,7-12,15-16H,6,13-14H2,1-3H3. The van der Waals surface area contributed by atoms with Gasteiger partial charge >= 0.3 is 0 Å². The number of ether oxygens (including phenoxy) is 4. The summed E-state index contributed by atoms with van der Waals surface area (Å²) in [5.41, 5.74) is 2.87. The number of halogens is 1. The number of fused-ring (bicyclic) bond motifs is 1. The predicted octanol–water partition coefficient (Wildman–Crippen LogP) is 5.85. The minimum absolute atomic E-state index is 0.553. The molecule has 4 rings (SSSR count).